The van der Waals surface area contributed by atoms with Gasteiger partial charge in [-0.2, -0.15) is 0 Å². The molecule has 1 aromatic rings. The summed E-state index contributed by atoms with van der Waals surface area (Å²) in [4.78, 5) is 25.8. The van der Waals surface area contributed by atoms with Gasteiger partial charge in [-0.1, -0.05) is 0 Å². The third-order valence-electron chi connectivity index (χ3n) is 3.50. The minimum absolute atomic E-state index is 0.109. The predicted octanol–water partition coefficient (Wildman–Crippen LogP) is 2.20. The van der Waals surface area contributed by atoms with Crippen LogP contribution in [0.15, 0.2) is 22.7 Å². The molecule has 1 saturated heterocycles. The van der Waals surface area contributed by atoms with Gasteiger partial charge >= 0.3 is 0 Å². The monoisotopic (exact) mass is 354 g/mol. The number of carbonyl (C=O) groups is 2. The number of benzene rings is 1. The van der Waals surface area contributed by atoms with Crippen molar-refractivity contribution in [2.45, 2.75) is 19.3 Å². The maximum atomic E-state index is 12.1. The van der Waals surface area contributed by atoms with Crippen LogP contribution in [0, 0.1) is 0 Å². The van der Waals surface area contributed by atoms with Crippen molar-refractivity contribution in [1.82, 2.24) is 10.2 Å². The summed E-state index contributed by atoms with van der Waals surface area (Å²) in [7, 11) is 1.56. The quantitative estimate of drug-likeness (QED) is 0.881. The van der Waals surface area contributed by atoms with E-state index in [1.54, 1.807) is 25.3 Å². The van der Waals surface area contributed by atoms with Crippen LogP contribution >= 0.6 is 15.9 Å². The van der Waals surface area contributed by atoms with E-state index < -0.39 is 0 Å². The second kappa shape index (κ2) is 7.45. The number of likely N-dealkylation sites (tertiary alicyclic amines) is 1. The molecule has 21 heavy (non-hydrogen) atoms. The SMILES string of the molecule is COc1ccc(Br)c(C(=O)NCCC(=O)N2CCCC2)c1. The van der Waals surface area contributed by atoms with Crippen LogP contribution in [0.3, 0.4) is 0 Å². The maximum absolute atomic E-state index is 12.1. The van der Waals surface area contributed by atoms with Gasteiger partial charge in [0, 0.05) is 30.5 Å². The molecule has 5 nitrogen and oxygen atoms in total. The van der Waals surface area contributed by atoms with Crippen LogP contribution in [0.25, 0.3) is 0 Å². The van der Waals surface area contributed by atoms with Crippen molar-refractivity contribution in [3.63, 3.8) is 0 Å². The zero-order chi connectivity index (χ0) is 15.2. The lowest BCUT2D eigenvalue weighted by Gasteiger charge is -2.15. The third kappa shape index (κ3) is 4.20. The largest absolute Gasteiger partial charge is 0.497 e. The van der Waals surface area contributed by atoms with Gasteiger partial charge < -0.3 is 15.0 Å². The minimum Gasteiger partial charge on any atom is -0.497 e. The number of nitrogens with one attached hydrogen (secondary N) is 1. The number of ether oxygens (including phenoxy) is 1. The maximum Gasteiger partial charge on any atom is 0.252 e. The second-order valence-corrected chi connectivity index (χ2v) is 5.79. The molecule has 6 heteroatoms. The summed E-state index contributed by atoms with van der Waals surface area (Å²) in [6.45, 7) is 2.03. The molecule has 1 heterocycles. The fourth-order valence-corrected chi connectivity index (χ4v) is 2.73. The van der Waals surface area contributed by atoms with Crippen LogP contribution in [0.5, 0.6) is 5.75 Å². The highest BCUT2D eigenvalue weighted by Gasteiger charge is 2.18. The smallest absolute Gasteiger partial charge is 0.252 e. The van der Waals surface area contributed by atoms with Gasteiger partial charge in [0.05, 0.1) is 12.7 Å². The van der Waals surface area contributed by atoms with Crippen molar-refractivity contribution < 1.29 is 14.3 Å². The fraction of sp³-hybridized carbons (Fsp3) is 0.467. The van der Waals surface area contributed by atoms with Crippen LogP contribution in [0.2, 0.25) is 0 Å². The third-order valence-corrected chi connectivity index (χ3v) is 4.19. The van der Waals surface area contributed by atoms with E-state index in [4.69, 9.17) is 4.74 Å². The summed E-state index contributed by atoms with van der Waals surface area (Å²) in [5, 5.41) is 2.77. The Balaban J connectivity index is 1.85. The van der Waals surface area contributed by atoms with E-state index >= 15 is 0 Å². The van der Waals surface area contributed by atoms with Gasteiger partial charge in [0.2, 0.25) is 5.91 Å². The van der Waals surface area contributed by atoms with Crippen molar-refractivity contribution in [3.05, 3.63) is 28.2 Å². The molecule has 1 aromatic carbocycles. The highest BCUT2D eigenvalue weighted by atomic mass is 79.9. The van der Waals surface area contributed by atoms with E-state index in [2.05, 4.69) is 21.2 Å². The Hall–Kier alpha value is -1.56. The summed E-state index contributed by atoms with van der Waals surface area (Å²) in [5.41, 5.74) is 0.503. The molecule has 1 N–H and O–H groups in total. The van der Waals surface area contributed by atoms with Crippen LogP contribution < -0.4 is 10.1 Å². The molecule has 1 fully saturated rings. The summed E-state index contributed by atoms with van der Waals surface area (Å²) in [6, 6.07) is 5.21. The first-order chi connectivity index (χ1) is 10.1. The zero-order valence-electron chi connectivity index (χ0n) is 12.0. The Labute approximate surface area is 132 Å². The summed E-state index contributed by atoms with van der Waals surface area (Å²) in [6.07, 6.45) is 2.50. The summed E-state index contributed by atoms with van der Waals surface area (Å²) < 4.78 is 5.81. The number of hydrogen-bond donors (Lipinski definition) is 1. The van der Waals surface area contributed by atoms with Gasteiger partial charge in [-0.15, -0.1) is 0 Å². The lowest BCUT2D eigenvalue weighted by Crippen LogP contribution is -2.32. The Morgan fingerprint density at radius 2 is 2.05 bits per heavy atom. The fourth-order valence-electron chi connectivity index (χ4n) is 2.31. The van der Waals surface area contributed by atoms with Crippen molar-refractivity contribution in [2.24, 2.45) is 0 Å². The van der Waals surface area contributed by atoms with Crippen molar-refractivity contribution in [1.29, 1.82) is 0 Å². The molecule has 2 rings (SSSR count). The first kappa shape index (κ1) is 15.8. The van der Waals surface area contributed by atoms with E-state index in [1.165, 1.54) is 0 Å². The van der Waals surface area contributed by atoms with Gasteiger partial charge in [0.1, 0.15) is 5.75 Å². The number of amides is 2. The number of hydrogen-bond acceptors (Lipinski definition) is 3. The van der Waals surface area contributed by atoms with Gasteiger partial charge in [0.25, 0.3) is 5.91 Å². The number of nitrogens with zero attached hydrogens (tertiary/aromatic N) is 1. The molecule has 0 aliphatic carbocycles. The Morgan fingerprint density at radius 1 is 1.33 bits per heavy atom. The Morgan fingerprint density at radius 3 is 2.71 bits per heavy atom. The molecule has 114 valence electrons. The number of halogens is 1. The molecule has 0 unspecified atom stereocenters. The number of rotatable bonds is 5. The second-order valence-electron chi connectivity index (χ2n) is 4.94. The molecule has 1 aliphatic heterocycles. The van der Waals surface area contributed by atoms with Crippen molar-refractivity contribution in [3.8, 4) is 5.75 Å². The van der Waals surface area contributed by atoms with Crippen LogP contribution in [0.1, 0.15) is 29.6 Å². The topological polar surface area (TPSA) is 58.6 Å². The van der Waals surface area contributed by atoms with Crippen LogP contribution in [-0.4, -0.2) is 43.5 Å². The van der Waals surface area contributed by atoms with Crippen LogP contribution in [0.4, 0.5) is 0 Å². The molecule has 0 atom stereocenters. The number of carbonyl (C=O) groups excluding carboxylic acids is 2. The standard InChI is InChI=1S/C15H19BrN2O3/c1-21-11-4-5-13(16)12(10-11)15(20)17-7-6-14(19)18-8-2-3-9-18/h4-5,10H,2-3,6-9H2,1H3,(H,17,20). The first-order valence-corrected chi connectivity index (χ1v) is 7.80. The van der Waals surface area contributed by atoms with E-state index in [0.29, 0.717) is 28.8 Å². The van der Waals surface area contributed by atoms with Crippen molar-refractivity contribution >= 4 is 27.7 Å². The molecule has 0 saturated carbocycles. The molecule has 0 aromatic heterocycles. The van der Waals surface area contributed by atoms with E-state index in [0.717, 1.165) is 25.9 Å². The average molecular weight is 355 g/mol. The molecule has 0 radical (unpaired) electrons. The van der Waals surface area contributed by atoms with Gasteiger partial charge in [-0.05, 0) is 47.0 Å². The van der Waals surface area contributed by atoms with Crippen LogP contribution in [-0.2, 0) is 4.79 Å². The highest BCUT2D eigenvalue weighted by Crippen LogP contribution is 2.22. The van der Waals surface area contributed by atoms with E-state index in [-0.39, 0.29) is 11.8 Å². The molecule has 1 aliphatic rings. The normalized spacial score (nSPS) is 14.1. The summed E-state index contributed by atoms with van der Waals surface area (Å²) >= 11 is 3.34. The highest BCUT2D eigenvalue weighted by molar-refractivity contribution is 9.10. The molecule has 0 spiro atoms. The first-order valence-electron chi connectivity index (χ1n) is 7.01. The van der Waals surface area contributed by atoms with E-state index in [9.17, 15) is 9.59 Å². The molecular formula is C15H19BrN2O3. The Bertz CT molecular complexity index is 528. The minimum atomic E-state index is -0.213. The molecule has 2 amide bonds. The molecule has 0 bridgehead atoms. The summed E-state index contributed by atoms with van der Waals surface area (Å²) in [5.74, 6) is 0.518. The zero-order valence-corrected chi connectivity index (χ0v) is 13.6. The Kier molecular flexibility index (Phi) is 5.61. The van der Waals surface area contributed by atoms with Gasteiger partial charge in [-0.3, -0.25) is 9.59 Å². The molecular weight excluding hydrogens is 336 g/mol. The predicted molar refractivity (Wildman–Crippen MR) is 83.5 cm³/mol. The van der Waals surface area contributed by atoms with Gasteiger partial charge in [0.15, 0.2) is 0 Å². The lowest BCUT2D eigenvalue weighted by atomic mass is 10.2. The van der Waals surface area contributed by atoms with Crippen molar-refractivity contribution in [2.75, 3.05) is 26.7 Å². The number of methoxy groups -OCH3 is 1. The average Bonchev–Trinajstić information content (AvgIpc) is 3.01. The lowest BCUT2D eigenvalue weighted by molar-refractivity contribution is -0.129. The van der Waals surface area contributed by atoms with Gasteiger partial charge in [-0.25, -0.2) is 0 Å². The van der Waals surface area contributed by atoms with E-state index in [1.807, 2.05) is 4.90 Å².